The SMILES string of the molecule is CCN(C(=O)c1ccc(C)c(OC)c1)C1CCCC1CN. The van der Waals surface area contributed by atoms with Crippen LogP contribution in [0.2, 0.25) is 0 Å². The molecule has 0 radical (unpaired) electrons. The van der Waals surface area contributed by atoms with Gasteiger partial charge in [-0.25, -0.2) is 0 Å². The lowest BCUT2D eigenvalue weighted by molar-refractivity contribution is 0.0651. The summed E-state index contributed by atoms with van der Waals surface area (Å²) in [5.74, 6) is 1.28. The molecule has 2 N–H and O–H groups in total. The van der Waals surface area contributed by atoms with Crippen molar-refractivity contribution < 1.29 is 9.53 Å². The van der Waals surface area contributed by atoms with Crippen LogP contribution in [-0.2, 0) is 0 Å². The van der Waals surface area contributed by atoms with Crippen LogP contribution in [0.15, 0.2) is 18.2 Å². The minimum Gasteiger partial charge on any atom is -0.496 e. The van der Waals surface area contributed by atoms with Crippen LogP contribution in [0.4, 0.5) is 0 Å². The van der Waals surface area contributed by atoms with E-state index < -0.39 is 0 Å². The van der Waals surface area contributed by atoms with Gasteiger partial charge in [0.2, 0.25) is 0 Å². The average molecular weight is 290 g/mol. The van der Waals surface area contributed by atoms with E-state index >= 15 is 0 Å². The molecule has 4 nitrogen and oxygen atoms in total. The number of benzene rings is 1. The van der Waals surface area contributed by atoms with Crippen molar-refractivity contribution >= 4 is 5.91 Å². The first-order valence-electron chi connectivity index (χ1n) is 7.78. The van der Waals surface area contributed by atoms with Crippen LogP contribution in [0.3, 0.4) is 0 Å². The summed E-state index contributed by atoms with van der Waals surface area (Å²) in [6.45, 7) is 5.39. The van der Waals surface area contributed by atoms with Crippen molar-refractivity contribution in [2.75, 3.05) is 20.2 Å². The van der Waals surface area contributed by atoms with Crippen molar-refractivity contribution in [3.8, 4) is 5.75 Å². The normalized spacial score (nSPS) is 21.3. The van der Waals surface area contributed by atoms with Gasteiger partial charge in [0, 0.05) is 18.2 Å². The Bertz CT molecular complexity index is 502. The van der Waals surface area contributed by atoms with E-state index in [9.17, 15) is 4.79 Å². The first kappa shape index (κ1) is 15.8. The molecule has 0 heterocycles. The van der Waals surface area contributed by atoms with E-state index in [2.05, 4.69) is 0 Å². The van der Waals surface area contributed by atoms with Crippen LogP contribution < -0.4 is 10.5 Å². The number of hydrogen-bond acceptors (Lipinski definition) is 3. The molecule has 2 atom stereocenters. The molecule has 0 aliphatic heterocycles. The molecule has 1 aromatic carbocycles. The molecule has 21 heavy (non-hydrogen) atoms. The van der Waals surface area contributed by atoms with Gasteiger partial charge >= 0.3 is 0 Å². The zero-order valence-electron chi connectivity index (χ0n) is 13.3. The molecule has 1 fully saturated rings. The van der Waals surface area contributed by atoms with Crippen LogP contribution in [0.1, 0.15) is 42.1 Å². The van der Waals surface area contributed by atoms with Crippen molar-refractivity contribution in [1.82, 2.24) is 4.90 Å². The standard InChI is InChI=1S/C17H26N2O2/c1-4-19(15-7-5-6-14(15)11-18)17(20)13-9-8-12(2)16(10-13)21-3/h8-10,14-15H,4-7,11,18H2,1-3H3. The van der Waals surface area contributed by atoms with Crippen LogP contribution in [0.5, 0.6) is 5.75 Å². The fourth-order valence-corrected chi connectivity index (χ4v) is 3.35. The molecule has 0 saturated heterocycles. The monoisotopic (exact) mass is 290 g/mol. The number of aryl methyl sites for hydroxylation is 1. The molecule has 2 rings (SSSR count). The fourth-order valence-electron chi connectivity index (χ4n) is 3.35. The number of ether oxygens (including phenoxy) is 1. The maximum atomic E-state index is 12.8. The molecule has 1 amide bonds. The highest BCUT2D eigenvalue weighted by Gasteiger charge is 2.33. The Morgan fingerprint density at radius 1 is 1.43 bits per heavy atom. The van der Waals surface area contributed by atoms with Gasteiger partial charge in [0.15, 0.2) is 0 Å². The second-order valence-corrected chi connectivity index (χ2v) is 5.77. The zero-order valence-corrected chi connectivity index (χ0v) is 13.3. The highest BCUT2D eigenvalue weighted by molar-refractivity contribution is 5.95. The summed E-state index contributed by atoms with van der Waals surface area (Å²) >= 11 is 0. The molecule has 2 unspecified atom stereocenters. The summed E-state index contributed by atoms with van der Waals surface area (Å²) in [7, 11) is 1.63. The number of hydrogen-bond donors (Lipinski definition) is 1. The molecule has 116 valence electrons. The Labute approximate surface area is 127 Å². The Morgan fingerprint density at radius 3 is 2.81 bits per heavy atom. The number of nitrogens with zero attached hydrogens (tertiary/aromatic N) is 1. The van der Waals surface area contributed by atoms with Crippen molar-refractivity contribution in [3.05, 3.63) is 29.3 Å². The van der Waals surface area contributed by atoms with Gasteiger partial charge in [-0.05, 0) is 56.8 Å². The average Bonchev–Trinajstić information content (AvgIpc) is 2.96. The van der Waals surface area contributed by atoms with Gasteiger partial charge in [-0.3, -0.25) is 4.79 Å². The summed E-state index contributed by atoms with van der Waals surface area (Å²) in [6, 6.07) is 5.94. The van der Waals surface area contributed by atoms with Crippen LogP contribution >= 0.6 is 0 Å². The molecule has 1 saturated carbocycles. The lowest BCUT2D eigenvalue weighted by Gasteiger charge is -2.32. The van der Waals surface area contributed by atoms with Crippen molar-refractivity contribution in [3.63, 3.8) is 0 Å². The number of amides is 1. The Balaban J connectivity index is 2.24. The maximum absolute atomic E-state index is 12.8. The third kappa shape index (κ3) is 3.21. The highest BCUT2D eigenvalue weighted by atomic mass is 16.5. The third-order valence-electron chi connectivity index (χ3n) is 4.58. The predicted octanol–water partition coefficient (Wildman–Crippen LogP) is 2.59. The summed E-state index contributed by atoms with van der Waals surface area (Å²) in [5.41, 5.74) is 7.60. The maximum Gasteiger partial charge on any atom is 0.254 e. The predicted molar refractivity (Wildman–Crippen MR) is 84.6 cm³/mol. The van der Waals surface area contributed by atoms with Crippen LogP contribution in [0, 0.1) is 12.8 Å². The largest absolute Gasteiger partial charge is 0.496 e. The number of rotatable bonds is 5. The molecule has 0 spiro atoms. The van der Waals surface area contributed by atoms with E-state index in [1.807, 2.05) is 36.9 Å². The van der Waals surface area contributed by atoms with E-state index in [4.69, 9.17) is 10.5 Å². The summed E-state index contributed by atoms with van der Waals surface area (Å²) in [6.07, 6.45) is 3.35. The molecule has 0 bridgehead atoms. The second kappa shape index (κ2) is 6.94. The van der Waals surface area contributed by atoms with E-state index in [-0.39, 0.29) is 11.9 Å². The minimum absolute atomic E-state index is 0.0844. The quantitative estimate of drug-likeness (QED) is 0.907. The van der Waals surface area contributed by atoms with E-state index in [0.717, 1.165) is 37.1 Å². The first-order chi connectivity index (χ1) is 10.1. The highest BCUT2D eigenvalue weighted by Crippen LogP contribution is 2.30. The van der Waals surface area contributed by atoms with E-state index in [1.54, 1.807) is 7.11 Å². The minimum atomic E-state index is 0.0844. The molecular weight excluding hydrogens is 264 g/mol. The molecule has 0 aromatic heterocycles. The molecular formula is C17H26N2O2. The van der Waals surface area contributed by atoms with E-state index in [0.29, 0.717) is 18.0 Å². The Morgan fingerprint density at radius 2 is 2.19 bits per heavy atom. The van der Waals surface area contributed by atoms with Gasteiger partial charge in [-0.15, -0.1) is 0 Å². The number of methoxy groups -OCH3 is 1. The summed E-state index contributed by atoms with van der Waals surface area (Å²) in [4.78, 5) is 14.8. The topological polar surface area (TPSA) is 55.6 Å². The zero-order chi connectivity index (χ0) is 15.4. The smallest absolute Gasteiger partial charge is 0.254 e. The van der Waals surface area contributed by atoms with Gasteiger partial charge in [0.25, 0.3) is 5.91 Å². The van der Waals surface area contributed by atoms with Crippen molar-refractivity contribution in [1.29, 1.82) is 0 Å². The van der Waals surface area contributed by atoms with Gasteiger partial charge < -0.3 is 15.4 Å². The fraction of sp³-hybridized carbons (Fsp3) is 0.588. The number of carbonyl (C=O) groups excluding carboxylic acids is 1. The van der Waals surface area contributed by atoms with Crippen LogP contribution in [0.25, 0.3) is 0 Å². The van der Waals surface area contributed by atoms with Gasteiger partial charge in [0.1, 0.15) is 5.75 Å². The Hall–Kier alpha value is -1.55. The Kier molecular flexibility index (Phi) is 5.23. The molecule has 1 aliphatic carbocycles. The lowest BCUT2D eigenvalue weighted by Crippen LogP contribution is -2.44. The number of carbonyl (C=O) groups is 1. The summed E-state index contributed by atoms with van der Waals surface area (Å²) < 4.78 is 5.33. The van der Waals surface area contributed by atoms with E-state index in [1.165, 1.54) is 0 Å². The molecule has 4 heteroatoms. The molecule has 1 aliphatic rings. The molecule has 1 aromatic rings. The number of nitrogens with two attached hydrogens (primary N) is 1. The summed E-state index contributed by atoms with van der Waals surface area (Å²) in [5, 5.41) is 0. The van der Waals surface area contributed by atoms with Gasteiger partial charge in [-0.2, -0.15) is 0 Å². The van der Waals surface area contributed by atoms with Crippen molar-refractivity contribution in [2.24, 2.45) is 11.7 Å². The van der Waals surface area contributed by atoms with Gasteiger partial charge in [-0.1, -0.05) is 12.5 Å². The van der Waals surface area contributed by atoms with Crippen LogP contribution in [-0.4, -0.2) is 37.0 Å². The van der Waals surface area contributed by atoms with Crippen molar-refractivity contribution in [2.45, 2.75) is 39.2 Å². The van der Waals surface area contributed by atoms with Gasteiger partial charge in [0.05, 0.1) is 7.11 Å². The lowest BCUT2D eigenvalue weighted by atomic mass is 10.0. The first-order valence-corrected chi connectivity index (χ1v) is 7.78. The second-order valence-electron chi connectivity index (χ2n) is 5.77. The third-order valence-corrected chi connectivity index (χ3v) is 4.58.